The number of hydrogen-bond donors (Lipinski definition) is 1. The van der Waals surface area contributed by atoms with E-state index in [4.69, 9.17) is 0 Å². The van der Waals surface area contributed by atoms with E-state index in [0.717, 1.165) is 19.0 Å². The molecule has 21 heavy (non-hydrogen) atoms. The minimum absolute atomic E-state index is 0.328. The van der Waals surface area contributed by atoms with Gasteiger partial charge in [-0.3, -0.25) is 9.88 Å². The van der Waals surface area contributed by atoms with Crippen LogP contribution in [0.4, 0.5) is 5.69 Å². The van der Waals surface area contributed by atoms with Crippen molar-refractivity contribution >= 4 is 5.69 Å². The highest BCUT2D eigenvalue weighted by Crippen LogP contribution is 2.25. The van der Waals surface area contributed by atoms with E-state index in [1.165, 1.54) is 50.9 Å². The molecular formula is C17H27N3O. The van der Waals surface area contributed by atoms with Crippen molar-refractivity contribution in [2.45, 2.75) is 38.1 Å². The van der Waals surface area contributed by atoms with E-state index < -0.39 is 0 Å². The Morgan fingerprint density at radius 1 is 1.14 bits per heavy atom. The summed E-state index contributed by atoms with van der Waals surface area (Å²) in [6, 6.07) is 4.58. The van der Waals surface area contributed by atoms with E-state index in [0.29, 0.717) is 12.6 Å². The largest absolute Gasteiger partial charge is 0.395 e. The van der Waals surface area contributed by atoms with Gasteiger partial charge in [-0.1, -0.05) is 6.42 Å². The molecule has 2 fully saturated rings. The Balaban J connectivity index is 1.49. The molecule has 0 amide bonds. The second-order valence-corrected chi connectivity index (χ2v) is 6.47. The Morgan fingerprint density at radius 2 is 2.00 bits per heavy atom. The molecule has 1 aromatic heterocycles. The quantitative estimate of drug-likeness (QED) is 0.922. The van der Waals surface area contributed by atoms with Gasteiger partial charge in [0.2, 0.25) is 0 Å². The molecule has 0 unspecified atom stereocenters. The Bertz CT molecular complexity index is 417. The summed E-state index contributed by atoms with van der Waals surface area (Å²) in [5.74, 6) is 0.782. The highest BCUT2D eigenvalue weighted by atomic mass is 16.3. The van der Waals surface area contributed by atoms with E-state index >= 15 is 0 Å². The number of nitrogens with zero attached hydrogens (tertiary/aromatic N) is 3. The maximum absolute atomic E-state index is 9.52. The van der Waals surface area contributed by atoms with Gasteiger partial charge in [0.25, 0.3) is 0 Å². The number of piperidine rings is 2. The number of likely N-dealkylation sites (tertiary alicyclic amines) is 1. The van der Waals surface area contributed by atoms with Gasteiger partial charge in [-0.2, -0.15) is 0 Å². The van der Waals surface area contributed by atoms with E-state index in [1.807, 2.05) is 18.5 Å². The third-order valence-electron chi connectivity index (χ3n) is 5.08. The van der Waals surface area contributed by atoms with Crippen LogP contribution in [0.3, 0.4) is 0 Å². The first-order valence-electron chi connectivity index (χ1n) is 8.36. The lowest BCUT2D eigenvalue weighted by molar-refractivity contribution is 0.0720. The zero-order chi connectivity index (χ0) is 14.5. The van der Waals surface area contributed by atoms with Crippen LogP contribution < -0.4 is 4.90 Å². The molecule has 3 heterocycles. The standard InChI is InChI=1S/C17H27N3O/c21-14-17-4-1-2-9-20(17)13-15-6-10-19(11-7-15)16-5-3-8-18-12-16/h3,5,8,12,15,17,21H,1-2,4,6-7,9-11,13-14H2/t17-/m0/s1. The zero-order valence-corrected chi connectivity index (χ0v) is 12.8. The van der Waals surface area contributed by atoms with Crippen molar-refractivity contribution in [3.05, 3.63) is 24.5 Å². The van der Waals surface area contributed by atoms with Gasteiger partial charge in [-0.15, -0.1) is 0 Å². The Morgan fingerprint density at radius 3 is 2.71 bits per heavy atom. The van der Waals surface area contributed by atoms with Crippen LogP contribution in [0.1, 0.15) is 32.1 Å². The number of hydrogen-bond acceptors (Lipinski definition) is 4. The predicted octanol–water partition coefficient (Wildman–Crippen LogP) is 2.14. The van der Waals surface area contributed by atoms with E-state index in [9.17, 15) is 5.11 Å². The molecule has 0 spiro atoms. The first-order valence-corrected chi connectivity index (χ1v) is 8.36. The van der Waals surface area contributed by atoms with Crippen molar-refractivity contribution in [3.63, 3.8) is 0 Å². The molecule has 0 aromatic carbocycles. The van der Waals surface area contributed by atoms with Crippen molar-refractivity contribution in [3.8, 4) is 0 Å². The molecule has 1 atom stereocenters. The van der Waals surface area contributed by atoms with Gasteiger partial charge in [0.15, 0.2) is 0 Å². The number of rotatable bonds is 4. The van der Waals surface area contributed by atoms with Crippen LogP contribution >= 0.6 is 0 Å². The second kappa shape index (κ2) is 7.23. The average Bonchev–Trinajstić information content (AvgIpc) is 2.57. The molecule has 2 saturated heterocycles. The summed E-state index contributed by atoms with van der Waals surface area (Å²) < 4.78 is 0. The SMILES string of the molecule is OC[C@@H]1CCCCN1CC1CCN(c2cccnc2)CC1. The minimum atomic E-state index is 0.328. The molecule has 0 bridgehead atoms. The van der Waals surface area contributed by atoms with Crippen LogP contribution in [0.25, 0.3) is 0 Å². The van der Waals surface area contributed by atoms with Crippen molar-refractivity contribution in [1.82, 2.24) is 9.88 Å². The lowest BCUT2D eigenvalue weighted by Gasteiger charge is -2.40. The monoisotopic (exact) mass is 289 g/mol. The summed E-state index contributed by atoms with van der Waals surface area (Å²) >= 11 is 0. The molecule has 0 radical (unpaired) electrons. The molecule has 1 aromatic rings. The molecule has 4 nitrogen and oxygen atoms in total. The van der Waals surface area contributed by atoms with Crippen LogP contribution in [0.2, 0.25) is 0 Å². The fourth-order valence-corrected chi connectivity index (χ4v) is 3.75. The van der Waals surface area contributed by atoms with Crippen LogP contribution in [0.15, 0.2) is 24.5 Å². The summed E-state index contributed by atoms with van der Waals surface area (Å²) in [5, 5.41) is 9.52. The van der Waals surface area contributed by atoms with Crippen molar-refractivity contribution in [2.24, 2.45) is 5.92 Å². The maximum atomic E-state index is 9.52. The van der Waals surface area contributed by atoms with E-state index in [-0.39, 0.29) is 0 Å². The van der Waals surface area contributed by atoms with Gasteiger partial charge >= 0.3 is 0 Å². The topological polar surface area (TPSA) is 39.6 Å². The predicted molar refractivity (Wildman–Crippen MR) is 85.5 cm³/mol. The molecule has 4 heteroatoms. The summed E-state index contributed by atoms with van der Waals surface area (Å²) in [6.45, 7) is 4.94. The normalized spacial score (nSPS) is 25.2. The Hall–Kier alpha value is -1.13. The number of anilines is 1. The van der Waals surface area contributed by atoms with Gasteiger partial charge in [0.05, 0.1) is 18.5 Å². The van der Waals surface area contributed by atoms with Gasteiger partial charge in [-0.05, 0) is 50.3 Å². The summed E-state index contributed by atoms with van der Waals surface area (Å²) in [4.78, 5) is 9.20. The molecule has 1 N–H and O–H groups in total. The first-order chi connectivity index (χ1) is 10.4. The Kier molecular flexibility index (Phi) is 5.09. The number of aromatic nitrogens is 1. The van der Waals surface area contributed by atoms with E-state index in [2.05, 4.69) is 20.9 Å². The average molecular weight is 289 g/mol. The van der Waals surface area contributed by atoms with Crippen molar-refractivity contribution in [2.75, 3.05) is 37.7 Å². The summed E-state index contributed by atoms with van der Waals surface area (Å²) in [7, 11) is 0. The number of pyridine rings is 1. The summed E-state index contributed by atoms with van der Waals surface area (Å²) in [6.07, 6.45) is 10.1. The van der Waals surface area contributed by atoms with Gasteiger partial charge in [0.1, 0.15) is 0 Å². The zero-order valence-electron chi connectivity index (χ0n) is 12.8. The maximum Gasteiger partial charge on any atom is 0.0586 e. The molecule has 116 valence electrons. The lowest BCUT2D eigenvalue weighted by Crippen LogP contribution is -2.46. The fourth-order valence-electron chi connectivity index (χ4n) is 3.75. The van der Waals surface area contributed by atoms with Crippen molar-refractivity contribution in [1.29, 1.82) is 0 Å². The highest BCUT2D eigenvalue weighted by Gasteiger charge is 2.26. The van der Waals surface area contributed by atoms with Crippen LogP contribution in [0.5, 0.6) is 0 Å². The molecular weight excluding hydrogens is 262 g/mol. The molecule has 0 aliphatic carbocycles. The number of aliphatic hydroxyl groups is 1. The minimum Gasteiger partial charge on any atom is -0.395 e. The highest BCUT2D eigenvalue weighted by molar-refractivity contribution is 5.43. The first kappa shape index (κ1) is 14.8. The Labute approximate surface area is 127 Å². The smallest absolute Gasteiger partial charge is 0.0586 e. The second-order valence-electron chi connectivity index (χ2n) is 6.47. The third-order valence-corrected chi connectivity index (χ3v) is 5.08. The summed E-state index contributed by atoms with van der Waals surface area (Å²) in [5.41, 5.74) is 1.25. The van der Waals surface area contributed by atoms with E-state index in [1.54, 1.807) is 0 Å². The van der Waals surface area contributed by atoms with Crippen LogP contribution in [0, 0.1) is 5.92 Å². The van der Waals surface area contributed by atoms with Crippen LogP contribution in [-0.4, -0.2) is 53.8 Å². The van der Waals surface area contributed by atoms with Gasteiger partial charge < -0.3 is 10.0 Å². The molecule has 2 aliphatic rings. The van der Waals surface area contributed by atoms with Gasteiger partial charge in [0, 0.05) is 31.9 Å². The third kappa shape index (κ3) is 3.74. The lowest BCUT2D eigenvalue weighted by atomic mass is 9.93. The molecule has 3 rings (SSSR count). The fraction of sp³-hybridized carbons (Fsp3) is 0.706. The molecule has 0 saturated carbocycles. The van der Waals surface area contributed by atoms with Gasteiger partial charge in [-0.25, -0.2) is 0 Å². The molecule has 2 aliphatic heterocycles. The number of aliphatic hydroxyl groups excluding tert-OH is 1. The van der Waals surface area contributed by atoms with Crippen LogP contribution in [-0.2, 0) is 0 Å². The van der Waals surface area contributed by atoms with Crippen molar-refractivity contribution < 1.29 is 5.11 Å².